The van der Waals surface area contributed by atoms with Crippen LogP contribution < -0.4 is 0 Å². The van der Waals surface area contributed by atoms with Crippen LogP contribution in [-0.2, 0) is 20.7 Å². The molecule has 7 heteroatoms. The zero-order chi connectivity index (χ0) is 21.5. The van der Waals surface area contributed by atoms with Crippen LogP contribution in [0, 0.1) is 0 Å². The Labute approximate surface area is 187 Å². The van der Waals surface area contributed by atoms with Gasteiger partial charge in [0.2, 0.25) is 11.8 Å². The van der Waals surface area contributed by atoms with Crippen molar-refractivity contribution in [2.75, 3.05) is 33.4 Å². The molecule has 1 aliphatic rings. The number of amides is 2. The minimum atomic E-state index is -0.153. The number of hydrogen-bond donors (Lipinski definition) is 0. The lowest BCUT2D eigenvalue weighted by atomic mass is 9.93. The molecule has 2 amide bonds. The van der Waals surface area contributed by atoms with Crippen LogP contribution in [0.3, 0.4) is 0 Å². The second kappa shape index (κ2) is 10.9. The highest BCUT2D eigenvalue weighted by molar-refractivity contribution is 7.10. The fraction of sp³-hybridized carbons (Fsp3) is 0.478. The second-order valence-electron chi connectivity index (χ2n) is 7.50. The van der Waals surface area contributed by atoms with Gasteiger partial charge in [0.05, 0.1) is 19.2 Å². The molecule has 2 aromatic rings. The highest BCUT2D eigenvalue weighted by Gasteiger charge is 2.33. The SMILES string of the molecule is CCCCC(=O)N(CCOC)CC(=O)N1CCc2sccc2C1c1ccc(Cl)cc1. The Bertz CT molecular complexity index is 852. The van der Waals surface area contributed by atoms with Crippen molar-refractivity contribution in [3.05, 3.63) is 56.7 Å². The summed E-state index contributed by atoms with van der Waals surface area (Å²) in [6, 6.07) is 9.64. The minimum absolute atomic E-state index is 0.0125. The molecule has 1 aromatic carbocycles. The van der Waals surface area contributed by atoms with Gasteiger partial charge in [-0.05, 0) is 47.5 Å². The Morgan fingerprint density at radius 2 is 2.03 bits per heavy atom. The summed E-state index contributed by atoms with van der Waals surface area (Å²) in [5.74, 6) is -0.0220. The fourth-order valence-electron chi connectivity index (χ4n) is 3.82. The van der Waals surface area contributed by atoms with Gasteiger partial charge in [0.25, 0.3) is 0 Å². The predicted molar refractivity (Wildman–Crippen MR) is 121 cm³/mol. The van der Waals surface area contributed by atoms with E-state index in [2.05, 4.69) is 18.4 Å². The van der Waals surface area contributed by atoms with E-state index in [0.717, 1.165) is 24.8 Å². The average molecular weight is 449 g/mol. The summed E-state index contributed by atoms with van der Waals surface area (Å²) >= 11 is 7.82. The fourth-order valence-corrected chi connectivity index (χ4v) is 4.85. The monoisotopic (exact) mass is 448 g/mol. The van der Waals surface area contributed by atoms with Crippen molar-refractivity contribution in [2.24, 2.45) is 0 Å². The molecule has 1 atom stereocenters. The van der Waals surface area contributed by atoms with Gasteiger partial charge in [-0.15, -0.1) is 11.3 Å². The molecule has 1 aromatic heterocycles. The van der Waals surface area contributed by atoms with Gasteiger partial charge in [-0.3, -0.25) is 9.59 Å². The first-order chi connectivity index (χ1) is 14.5. The molecule has 0 N–H and O–H groups in total. The van der Waals surface area contributed by atoms with E-state index in [1.165, 1.54) is 10.4 Å². The molecule has 0 fully saturated rings. The second-order valence-corrected chi connectivity index (χ2v) is 8.94. The maximum Gasteiger partial charge on any atom is 0.242 e. The molecule has 5 nitrogen and oxygen atoms in total. The van der Waals surface area contributed by atoms with E-state index in [9.17, 15) is 9.59 Å². The van der Waals surface area contributed by atoms with Crippen LogP contribution in [0.5, 0.6) is 0 Å². The highest BCUT2D eigenvalue weighted by atomic mass is 35.5. The molecule has 0 radical (unpaired) electrons. The number of ether oxygens (including phenoxy) is 1. The largest absolute Gasteiger partial charge is 0.383 e. The van der Waals surface area contributed by atoms with Crippen LogP contribution in [-0.4, -0.2) is 55.0 Å². The van der Waals surface area contributed by atoms with Crippen molar-refractivity contribution in [1.29, 1.82) is 0 Å². The topological polar surface area (TPSA) is 49.9 Å². The van der Waals surface area contributed by atoms with E-state index in [-0.39, 0.29) is 24.4 Å². The zero-order valence-corrected chi connectivity index (χ0v) is 19.2. The van der Waals surface area contributed by atoms with Gasteiger partial charge in [0, 0.05) is 36.5 Å². The Hall–Kier alpha value is -1.89. The van der Waals surface area contributed by atoms with Crippen molar-refractivity contribution >= 4 is 34.8 Å². The van der Waals surface area contributed by atoms with Crippen molar-refractivity contribution < 1.29 is 14.3 Å². The molecular formula is C23H29ClN2O3S. The van der Waals surface area contributed by atoms with Crippen molar-refractivity contribution in [1.82, 2.24) is 9.80 Å². The van der Waals surface area contributed by atoms with Gasteiger partial charge < -0.3 is 14.5 Å². The highest BCUT2D eigenvalue weighted by Crippen LogP contribution is 2.38. The average Bonchev–Trinajstić information content (AvgIpc) is 3.23. The summed E-state index contributed by atoms with van der Waals surface area (Å²) in [5.41, 5.74) is 2.20. The standard InChI is InChI=1S/C23H29ClN2O3S/c1-3-4-5-21(27)25(13-14-29-2)16-22(28)26-12-10-20-19(11-15-30-20)23(26)17-6-8-18(24)9-7-17/h6-9,11,15,23H,3-5,10,12-14,16H2,1-2H3. The van der Waals surface area contributed by atoms with E-state index >= 15 is 0 Å². The van der Waals surface area contributed by atoms with Crippen LogP contribution in [0.4, 0.5) is 0 Å². The van der Waals surface area contributed by atoms with E-state index in [1.807, 2.05) is 29.2 Å². The number of methoxy groups -OCH3 is 1. The Kier molecular flexibility index (Phi) is 8.31. The number of fused-ring (bicyclic) bond motifs is 1. The molecule has 0 saturated carbocycles. The third kappa shape index (κ3) is 5.42. The molecule has 0 spiro atoms. The third-order valence-electron chi connectivity index (χ3n) is 5.46. The number of thiophene rings is 1. The summed E-state index contributed by atoms with van der Waals surface area (Å²) in [6.07, 6.45) is 3.07. The van der Waals surface area contributed by atoms with Crippen molar-refractivity contribution in [2.45, 2.75) is 38.6 Å². The molecule has 0 bridgehead atoms. The molecular weight excluding hydrogens is 420 g/mol. The van der Waals surface area contributed by atoms with Crippen LogP contribution in [0.2, 0.25) is 5.02 Å². The molecule has 30 heavy (non-hydrogen) atoms. The first kappa shape index (κ1) is 22.8. The number of carbonyl (C=O) groups excluding carboxylic acids is 2. The maximum atomic E-state index is 13.4. The first-order valence-electron chi connectivity index (χ1n) is 10.4. The lowest BCUT2D eigenvalue weighted by Crippen LogP contribution is -2.47. The molecule has 2 heterocycles. The number of carbonyl (C=O) groups is 2. The summed E-state index contributed by atoms with van der Waals surface area (Å²) in [7, 11) is 1.61. The van der Waals surface area contributed by atoms with E-state index in [1.54, 1.807) is 23.3 Å². The van der Waals surface area contributed by atoms with Gasteiger partial charge in [0.1, 0.15) is 0 Å². The maximum absolute atomic E-state index is 13.4. The number of hydrogen-bond acceptors (Lipinski definition) is 4. The zero-order valence-electron chi connectivity index (χ0n) is 17.6. The van der Waals surface area contributed by atoms with E-state index in [0.29, 0.717) is 31.1 Å². The molecule has 0 aliphatic carbocycles. The lowest BCUT2D eigenvalue weighted by Gasteiger charge is -2.37. The molecule has 0 saturated heterocycles. The summed E-state index contributed by atoms with van der Waals surface area (Å²) < 4.78 is 5.16. The van der Waals surface area contributed by atoms with Crippen LogP contribution in [0.15, 0.2) is 35.7 Å². The van der Waals surface area contributed by atoms with Gasteiger partial charge in [-0.1, -0.05) is 37.1 Å². The minimum Gasteiger partial charge on any atom is -0.383 e. The summed E-state index contributed by atoms with van der Waals surface area (Å²) in [5, 5.41) is 2.76. The van der Waals surface area contributed by atoms with Gasteiger partial charge >= 0.3 is 0 Å². The van der Waals surface area contributed by atoms with Gasteiger partial charge in [0.15, 0.2) is 0 Å². The van der Waals surface area contributed by atoms with Crippen LogP contribution in [0.25, 0.3) is 0 Å². The number of benzene rings is 1. The Morgan fingerprint density at radius 3 is 2.73 bits per heavy atom. The van der Waals surface area contributed by atoms with Crippen LogP contribution >= 0.6 is 22.9 Å². The van der Waals surface area contributed by atoms with Crippen LogP contribution in [0.1, 0.15) is 48.2 Å². The molecule has 162 valence electrons. The van der Waals surface area contributed by atoms with Gasteiger partial charge in [-0.25, -0.2) is 0 Å². The summed E-state index contributed by atoms with van der Waals surface area (Å²) in [6.45, 7) is 3.62. The number of nitrogens with zero attached hydrogens (tertiary/aromatic N) is 2. The molecule has 1 aliphatic heterocycles. The normalized spacial score (nSPS) is 15.7. The van der Waals surface area contributed by atoms with E-state index in [4.69, 9.17) is 16.3 Å². The number of rotatable bonds is 9. The third-order valence-corrected chi connectivity index (χ3v) is 6.71. The first-order valence-corrected chi connectivity index (χ1v) is 11.7. The van der Waals surface area contributed by atoms with Gasteiger partial charge in [-0.2, -0.15) is 0 Å². The van der Waals surface area contributed by atoms with Crippen molar-refractivity contribution in [3.63, 3.8) is 0 Å². The van der Waals surface area contributed by atoms with E-state index < -0.39 is 0 Å². The number of unbranched alkanes of at least 4 members (excludes halogenated alkanes) is 1. The summed E-state index contributed by atoms with van der Waals surface area (Å²) in [4.78, 5) is 30.9. The molecule has 1 unspecified atom stereocenters. The smallest absolute Gasteiger partial charge is 0.242 e. The lowest BCUT2D eigenvalue weighted by molar-refractivity contribution is -0.142. The number of halogens is 1. The molecule has 3 rings (SSSR count). The Balaban J connectivity index is 1.82. The van der Waals surface area contributed by atoms with Crippen molar-refractivity contribution in [3.8, 4) is 0 Å². The predicted octanol–water partition coefficient (Wildman–Crippen LogP) is 4.54. The Morgan fingerprint density at radius 1 is 1.27 bits per heavy atom. The quantitative estimate of drug-likeness (QED) is 0.565.